The van der Waals surface area contributed by atoms with E-state index in [9.17, 15) is 0 Å². The summed E-state index contributed by atoms with van der Waals surface area (Å²) in [5.41, 5.74) is 0. The van der Waals surface area contributed by atoms with E-state index in [0.717, 1.165) is 4.90 Å². The van der Waals surface area contributed by atoms with Crippen LogP contribution >= 0.6 is 23.5 Å². The summed E-state index contributed by atoms with van der Waals surface area (Å²) in [6, 6.07) is 3.54. The summed E-state index contributed by atoms with van der Waals surface area (Å²) < 4.78 is 0. The third-order valence-corrected chi connectivity index (χ3v) is 1.70. The second-order valence-corrected chi connectivity index (χ2v) is 2.84. The molecule has 3 nitrogen and oxygen atoms in total. The van der Waals surface area contributed by atoms with Crippen molar-refractivity contribution in [1.29, 1.82) is 0 Å². The second kappa shape index (κ2) is 3.78. The van der Waals surface area contributed by atoms with Crippen molar-refractivity contribution in [1.82, 2.24) is 9.82 Å². The highest BCUT2D eigenvalue weighted by Gasteiger charge is 1.91. The number of aromatic nitrogens is 1. The molecular formula is C5H6ClN3S. The molecule has 0 aromatic carbocycles. The fraction of sp³-hybridized carbons (Fsp3) is 0. The van der Waals surface area contributed by atoms with Gasteiger partial charge in [0.1, 0.15) is 5.15 Å². The first-order chi connectivity index (χ1) is 4.83. The first-order valence-corrected chi connectivity index (χ1v) is 3.76. The zero-order valence-electron chi connectivity index (χ0n) is 5.04. The minimum atomic E-state index is 0.487. The zero-order chi connectivity index (χ0) is 7.40. The van der Waals surface area contributed by atoms with Crippen molar-refractivity contribution in [2.24, 2.45) is 5.84 Å². The molecule has 1 rings (SSSR count). The molecule has 0 amide bonds. The summed E-state index contributed by atoms with van der Waals surface area (Å²) in [7, 11) is 0. The molecule has 0 fully saturated rings. The lowest BCUT2D eigenvalue weighted by Crippen LogP contribution is -2.10. The Labute approximate surface area is 68.1 Å². The van der Waals surface area contributed by atoms with Gasteiger partial charge in [-0.1, -0.05) is 11.6 Å². The van der Waals surface area contributed by atoms with Crippen molar-refractivity contribution in [3.63, 3.8) is 0 Å². The predicted octanol–water partition coefficient (Wildman–Crippen LogP) is 1.21. The predicted molar refractivity (Wildman–Crippen MR) is 42.4 cm³/mol. The highest BCUT2D eigenvalue weighted by Crippen LogP contribution is 2.13. The molecule has 10 heavy (non-hydrogen) atoms. The lowest BCUT2D eigenvalue weighted by atomic mass is 10.5. The average Bonchev–Trinajstić information content (AvgIpc) is 1.95. The number of pyridine rings is 1. The smallest absolute Gasteiger partial charge is 0.129 e. The van der Waals surface area contributed by atoms with Crippen molar-refractivity contribution < 1.29 is 0 Å². The molecule has 1 heterocycles. The largest absolute Gasteiger partial charge is 0.261 e. The monoisotopic (exact) mass is 175 g/mol. The molecule has 0 atom stereocenters. The van der Waals surface area contributed by atoms with Gasteiger partial charge in [0.25, 0.3) is 0 Å². The van der Waals surface area contributed by atoms with Gasteiger partial charge in [0.2, 0.25) is 0 Å². The van der Waals surface area contributed by atoms with Gasteiger partial charge in [-0.15, -0.1) is 0 Å². The van der Waals surface area contributed by atoms with Crippen LogP contribution in [0, 0.1) is 0 Å². The molecule has 3 N–H and O–H groups in total. The standard InChI is InChI=1S/C5H6ClN3S/c6-5-2-1-4(3-8-5)10-9-7/h1-3,9H,7H2. The van der Waals surface area contributed by atoms with Crippen LogP contribution in [0.2, 0.25) is 5.15 Å². The minimum absolute atomic E-state index is 0.487. The van der Waals surface area contributed by atoms with Crippen molar-refractivity contribution in [2.45, 2.75) is 4.90 Å². The van der Waals surface area contributed by atoms with E-state index in [1.807, 2.05) is 6.07 Å². The van der Waals surface area contributed by atoms with Gasteiger partial charge in [-0.05, 0) is 24.1 Å². The molecule has 0 saturated carbocycles. The van der Waals surface area contributed by atoms with E-state index in [-0.39, 0.29) is 0 Å². The number of halogens is 1. The van der Waals surface area contributed by atoms with Crippen LogP contribution in [0.1, 0.15) is 0 Å². The number of hydrogen-bond acceptors (Lipinski definition) is 4. The number of hydrazine groups is 1. The highest BCUT2D eigenvalue weighted by atomic mass is 35.5. The van der Waals surface area contributed by atoms with Gasteiger partial charge in [0, 0.05) is 11.1 Å². The van der Waals surface area contributed by atoms with E-state index < -0.39 is 0 Å². The Bertz CT molecular complexity index is 201. The molecule has 1 aromatic rings. The molecule has 0 aliphatic carbocycles. The highest BCUT2D eigenvalue weighted by molar-refractivity contribution is 7.97. The van der Waals surface area contributed by atoms with Crippen LogP contribution in [0.15, 0.2) is 23.2 Å². The van der Waals surface area contributed by atoms with E-state index >= 15 is 0 Å². The normalized spacial score (nSPS) is 9.80. The molecule has 0 radical (unpaired) electrons. The lowest BCUT2D eigenvalue weighted by Gasteiger charge is -1.95. The van der Waals surface area contributed by atoms with Crippen LogP contribution in [-0.4, -0.2) is 4.98 Å². The Balaban J connectivity index is 2.69. The molecule has 0 bridgehead atoms. The van der Waals surface area contributed by atoms with Crippen molar-refractivity contribution >= 4 is 23.5 Å². The molecule has 0 saturated heterocycles. The van der Waals surface area contributed by atoms with Gasteiger partial charge < -0.3 is 0 Å². The van der Waals surface area contributed by atoms with E-state index in [1.54, 1.807) is 12.3 Å². The minimum Gasteiger partial charge on any atom is -0.261 e. The number of rotatable bonds is 2. The third-order valence-electron chi connectivity index (χ3n) is 0.877. The van der Waals surface area contributed by atoms with E-state index in [2.05, 4.69) is 9.82 Å². The Morgan fingerprint density at radius 2 is 2.40 bits per heavy atom. The molecular weight excluding hydrogens is 170 g/mol. The summed E-state index contributed by atoms with van der Waals surface area (Å²) in [5, 5.41) is 0.487. The van der Waals surface area contributed by atoms with E-state index in [4.69, 9.17) is 17.4 Å². The first kappa shape index (κ1) is 7.81. The number of nitrogens with two attached hydrogens (primary N) is 1. The first-order valence-electron chi connectivity index (χ1n) is 2.57. The maximum absolute atomic E-state index is 5.54. The molecule has 0 spiro atoms. The van der Waals surface area contributed by atoms with Gasteiger partial charge in [-0.3, -0.25) is 5.84 Å². The maximum Gasteiger partial charge on any atom is 0.129 e. The van der Waals surface area contributed by atoms with Crippen LogP contribution in [0.3, 0.4) is 0 Å². The summed E-state index contributed by atoms with van der Waals surface area (Å²) in [6.45, 7) is 0. The quantitative estimate of drug-likeness (QED) is 0.307. The fourth-order valence-electron chi connectivity index (χ4n) is 0.491. The molecule has 0 unspecified atom stereocenters. The van der Waals surface area contributed by atoms with Crippen LogP contribution in [0.5, 0.6) is 0 Å². The van der Waals surface area contributed by atoms with Gasteiger partial charge in [0.15, 0.2) is 0 Å². The molecule has 0 aliphatic rings. The Kier molecular flexibility index (Phi) is 2.95. The molecule has 54 valence electrons. The second-order valence-electron chi connectivity index (χ2n) is 1.54. The summed E-state index contributed by atoms with van der Waals surface area (Å²) >= 11 is 6.83. The zero-order valence-corrected chi connectivity index (χ0v) is 6.62. The van der Waals surface area contributed by atoms with Crippen molar-refractivity contribution in [3.05, 3.63) is 23.5 Å². The summed E-state index contributed by atoms with van der Waals surface area (Å²) in [4.78, 5) is 7.22. The van der Waals surface area contributed by atoms with Crippen LogP contribution < -0.4 is 10.7 Å². The van der Waals surface area contributed by atoms with Gasteiger partial charge >= 0.3 is 0 Å². The van der Waals surface area contributed by atoms with Crippen LogP contribution in [-0.2, 0) is 0 Å². The van der Waals surface area contributed by atoms with Crippen molar-refractivity contribution in [3.8, 4) is 0 Å². The Morgan fingerprint density at radius 1 is 1.60 bits per heavy atom. The van der Waals surface area contributed by atoms with Gasteiger partial charge in [-0.2, -0.15) is 4.83 Å². The fourth-order valence-corrected chi connectivity index (χ4v) is 0.980. The Morgan fingerprint density at radius 3 is 2.90 bits per heavy atom. The van der Waals surface area contributed by atoms with E-state index in [0.29, 0.717) is 5.15 Å². The molecule has 1 aromatic heterocycles. The van der Waals surface area contributed by atoms with Gasteiger partial charge in [-0.25, -0.2) is 4.98 Å². The maximum atomic E-state index is 5.54. The molecule has 0 aliphatic heterocycles. The number of nitrogens with one attached hydrogen (secondary N) is 1. The summed E-state index contributed by atoms with van der Waals surface area (Å²) in [5.74, 6) is 5.05. The lowest BCUT2D eigenvalue weighted by molar-refractivity contribution is 1.11. The van der Waals surface area contributed by atoms with Gasteiger partial charge in [0.05, 0.1) is 0 Å². The van der Waals surface area contributed by atoms with Crippen molar-refractivity contribution in [2.75, 3.05) is 0 Å². The van der Waals surface area contributed by atoms with E-state index in [1.165, 1.54) is 11.9 Å². The van der Waals surface area contributed by atoms with Crippen LogP contribution in [0.25, 0.3) is 0 Å². The Hall–Kier alpha value is -0.290. The topological polar surface area (TPSA) is 50.9 Å². The third kappa shape index (κ3) is 2.15. The summed E-state index contributed by atoms with van der Waals surface area (Å²) in [6.07, 6.45) is 1.65. The number of nitrogens with zero attached hydrogens (tertiary/aromatic N) is 1. The van der Waals surface area contributed by atoms with Crippen LogP contribution in [0.4, 0.5) is 0 Å². The molecule has 5 heteroatoms. The average molecular weight is 176 g/mol. The SMILES string of the molecule is NNSc1ccc(Cl)nc1. The number of hydrogen-bond donors (Lipinski definition) is 2.